The van der Waals surface area contributed by atoms with E-state index in [1.807, 2.05) is 32.2 Å². The summed E-state index contributed by atoms with van der Waals surface area (Å²) in [5.74, 6) is 0.643. The molecule has 0 unspecified atom stereocenters. The number of anilines is 1. The van der Waals surface area contributed by atoms with E-state index in [1.165, 1.54) is 0 Å². The van der Waals surface area contributed by atoms with Crippen LogP contribution in [0, 0.1) is 0 Å². The first-order chi connectivity index (χ1) is 11.0. The lowest BCUT2D eigenvalue weighted by molar-refractivity contribution is 0.0821. The average molecular weight is 315 g/mol. The van der Waals surface area contributed by atoms with Crippen molar-refractivity contribution in [2.75, 3.05) is 25.6 Å². The molecule has 2 atom stereocenters. The van der Waals surface area contributed by atoms with Crippen molar-refractivity contribution in [2.24, 2.45) is 7.05 Å². The maximum absolute atomic E-state index is 12.5. The van der Waals surface area contributed by atoms with Crippen molar-refractivity contribution in [3.8, 4) is 0 Å². The van der Waals surface area contributed by atoms with E-state index in [1.54, 1.807) is 29.2 Å². The summed E-state index contributed by atoms with van der Waals surface area (Å²) in [6, 6.07) is 3.45. The highest BCUT2D eigenvalue weighted by molar-refractivity contribution is 5.95. The first kappa shape index (κ1) is 15.5. The molecule has 1 saturated heterocycles. The Balaban J connectivity index is 1.73. The third kappa shape index (κ3) is 3.34. The predicted molar refractivity (Wildman–Crippen MR) is 86.3 cm³/mol. The molecular formula is C16H21N5O2. The van der Waals surface area contributed by atoms with Crippen molar-refractivity contribution >= 4 is 11.7 Å². The number of nitrogens with zero attached hydrogens (tertiary/aromatic N) is 4. The van der Waals surface area contributed by atoms with Crippen LogP contribution in [0.1, 0.15) is 28.4 Å². The fourth-order valence-electron chi connectivity index (χ4n) is 2.71. The minimum absolute atomic E-state index is 0.0531. The zero-order valence-corrected chi connectivity index (χ0v) is 13.6. The molecule has 3 heterocycles. The highest BCUT2D eigenvalue weighted by atomic mass is 16.5. The van der Waals surface area contributed by atoms with Crippen LogP contribution < -0.4 is 10.2 Å². The van der Waals surface area contributed by atoms with Gasteiger partial charge in [-0.2, -0.15) is 5.10 Å². The van der Waals surface area contributed by atoms with Crippen LogP contribution in [-0.4, -0.2) is 47.4 Å². The van der Waals surface area contributed by atoms with Gasteiger partial charge in [-0.15, -0.1) is 0 Å². The van der Waals surface area contributed by atoms with Crippen LogP contribution in [0.2, 0.25) is 0 Å². The largest absolute Gasteiger partial charge is 0.371 e. The van der Waals surface area contributed by atoms with Crippen LogP contribution in [0.5, 0.6) is 0 Å². The quantitative estimate of drug-likeness (QED) is 0.916. The first-order valence-corrected chi connectivity index (χ1v) is 7.59. The van der Waals surface area contributed by atoms with Gasteiger partial charge in [-0.3, -0.25) is 9.48 Å². The zero-order chi connectivity index (χ0) is 16.4. The number of aryl methyl sites for hydroxylation is 1. The maximum atomic E-state index is 12.5. The van der Waals surface area contributed by atoms with Crippen LogP contribution in [0.3, 0.4) is 0 Å². The number of nitrogens with one attached hydrogen (secondary N) is 1. The summed E-state index contributed by atoms with van der Waals surface area (Å²) in [6.45, 7) is 0.629. The van der Waals surface area contributed by atoms with Gasteiger partial charge in [0.05, 0.1) is 12.2 Å². The summed E-state index contributed by atoms with van der Waals surface area (Å²) < 4.78 is 7.51. The molecule has 1 aliphatic heterocycles. The van der Waals surface area contributed by atoms with Gasteiger partial charge in [0.25, 0.3) is 5.91 Å². The lowest BCUT2D eigenvalue weighted by atomic mass is 10.0. The number of carbonyl (C=O) groups excluding carboxylic acids is 1. The summed E-state index contributed by atoms with van der Waals surface area (Å²) >= 11 is 0. The summed E-state index contributed by atoms with van der Waals surface area (Å²) in [6.07, 6.45) is 5.99. The van der Waals surface area contributed by atoms with Crippen LogP contribution in [0.4, 0.5) is 5.82 Å². The van der Waals surface area contributed by atoms with Gasteiger partial charge in [-0.05, 0) is 18.6 Å². The Morgan fingerprint density at radius 3 is 3.00 bits per heavy atom. The zero-order valence-electron chi connectivity index (χ0n) is 13.6. The smallest absolute Gasteiger partial charge is 0.251 e. The third-order valence-corrected chi connectivity index (χ3v) is 3.93. The molecule has 1 amide bonds. The van der Waals surface area contributed by atoms with Crippen molar-refractivity contribution in [1.82, 2.24) is 20.1 Å². The number of pyridine rings is 1. The number of aromatic nitrogens is 3. The van der Waals surface area contributed by atoms with E-state index in [-0.39, 0.29) is 18.1 Å². The summed E-state index contributed by atoms with van der Waals surface area (Å²) in [5.41, 5.74) is 1.58. The molecule has 1 aliphatic rings. The fourth-order valence-corrected chi connectivity index (χ4v) is 2.71. The van der Waals surface area contributed by atoms with E-state index in [9.17, 15) is 4.79 Å². The van der Waals surface area contributed by atoms with Crippen molar-refractivity contribution < 1.29 is 9.53 Å². The van der Waals surface area contributed by atoms with Crippen molar-refractivity contribution in [2.45, 2.75) is 18.6 Å². The fraction of sp³-hybridized carbons (Fsp3) is 0.438. The van der Waals surface area contributed by atoms with Gasteiger partial charge in [0.1, 0.15) is 11.9 Å². The Morgan fingerprint density at radius 2 is 2.30 bits per heavy atom. The summed E-state index contributed by atoms with van der Waals surface area (Å²) in [7, 11) is 5.66. The van der Waals surface area contributed by atoms with Crippen molar-refractivity contribution in [1.29, 1.82) is 0 Å². The topological polar surface area (TPSA) is 72.3 Å². The van der Waals surface area contributed by atoms with Crippen LogP contribution in [0.15, 0.2) is 30.7 Å². The molecule has 2 aromatic rings. The maximum Gasteiger partial charge on any atom is 0.251 e. The van der Waals surface area contributed by atoms with Gasteiger partial charge in [0, 0.05) is 51.3 Å². The van der Waals surface area contributed by atoms with E-state index in [4.69, 9.17) is 4.74 Å². The molecule has 0 radical (unpaired) electrons. The molecule has 7 nitrogen and oxygen atoms in total. The number of hydrogen-bond acceptors (Lipinski definition) is 5. The van der Waals surface area contributed by atoms with Crippen LogP contribution in [0.25, 0.3) is 0 Å². The second-order valence-corrected chi connectivity index (χ2v) is 5.90. The molecule has 0 saturated carbocycles. The Morgan fingerprint density at radius 1 is 1.48 bits per heavy atom. The van der Waals surface area contributed by atoms with Gasteiger partial charge in [-0.1, -0.05) is 0 Å². The number of rotatable bonds is 4. The number of amides is 1. The number of ether oxygens (including phenoxy) is 1. The highest BCUT2D eigenvalue weighted by Crippen LogP contribution is 2.29. The third-order valence-electron chi connectivity index (χ3n) is 3.93. The molecule has 0 aromatic carbocycles. The lowest BCUT2D eigenvalue weighted by Gasteiger charge is -2.19. The average Bonchev–Trinajstić information content (AvgIpc) is 3.16. The van der Waals surface area contributed by atoms with Gasteiger partial charge < -0.3 is 15.0 Å². The molecule has 23 heavy (non-hydrogen) atoms. The van der Waals surface area contributed by atoms with E-state index in [0.717, 1.165) is 17.8 Å². The lowest BCUT2D eigenvalue weighted by Crippen LogP contribution is -2.36. The number of hydrogen-bond donors (Lipinski definition) is 1. The molecule has 0 spiro atoms. The highest BCUT2D eigenvalue weighted by Gasteiger charge is 2.32. The van der Waals surface area contributed by atoms with E-state index >= 15 is 0 Å². The van der Waals surface area contributed by atoms with E-state index in [0.29, 0.717) is 12.2 Å². The molecule has 0 bridgehead atoms. The number of carbonyl (C=O) groups is 1. The van der Waals surface area contributed by atoms with Crippen LogP contribution >= 0.6 is 0 Å². The molecule has 7 heteroatoms. The van der Waals surface area contributed by atoms with E-state index in [2.05, 4.69) is 15.4 Å². The first-order valence-electron chi connectivity index (χ1n) is 7.59. The molecule has 1 fully saturated rings. The second kappa shape index (κ2) is 6.37. The molecule has 0 aliphatic carbocycles. The molecule has 3 rings (SSSR count). The normalized spacial score (nSPS) is 20.5. The van der Waals surface area contributed by atoms with Crippen molar-refractivity contribution in [3.05, 3.63) is 41.9 Å². The standard InChI is InChI=1S/C16H21N5O2/c1-20(2)14-8-11(4-6-17-14)16(22)19-13-5-7-23-15(13)12-9-18-21(3)10-12/h4,6,8-10,13,15H,5,7H2,1-3H3,(H,19,22)/t13-,15+/m0/s1. The molecule has 122 valence electrons. The minimum Gasteiger partial charge on any atom is -0.371 e. The Labute approximate surface area is 135 Å². The minimum atomic E-state index is -0.150. The molecule has 2 aromatic heterocycles. The SMILES string of the molecule is CN(C)c1cc(C(=O)N[C@H]2CCO[C@@H]2c2cnn(C)c2)ccn1. The summed E-state index contributed by atoms with van der Waals surface area (Å²) in [5, 5.41) is 7.25. The Bertz CT molecular complexity index is 697. The molecule has 1 N–H and O–H groups in total. The van der Waals surface area contributed by atoms with Gasteiger partial charge in [0.15, 0.2) is 0 Å². The predicted octanol–water partition coefficient (Wildman–Crippen LogP) is 1.14. The second-order valence-electron chi connectivity index (χ2n) is 5.90. The van der Waals surface area contributed by atoms with Crippen molar-refractivity contribution in [3.63, 3.8) is 0 Å². The van der Waals surface area contributed by atoms with Gasteiger partial charge >= 0.3 is 0 Å². The van der Waals surface area contributed by atoms with E-state index < -0.39 is 0 Å². The Hall–Kier alpha value is -2.41. The summed E-state index contributed by atoms with van der Waals surface area (Å²) in [4.78, 5) is 18.6. The van der Waals surface area contributed by atoms with Crippen LogP contribution in [-0.2, 0) is 11.8 Å². The van der Waals surface area contributed by atoms with Gasteiger partial charge in [0.2, 0.25) is 0 Å². The molecular weight excluding hydrogens is 294 g/mol. The monoisotopic (exact) mass is 315 g/mol. The Kier molecular flexibility index (Phi) is 4.29. The van der Waals surface area contributed by atoms with Gasteiger partial charge in [-0.25, -0.2) is 4.98 Å².